The van der Waals surface area contributed by atoms with Gasteiger partial charge in [-0.05, 0) is 58.7 Å². The topological polar surface area (TPSA) is 43.3 Å². The molecule has 0 aliphatic rings. The zero-order valence-corrected chi connectivity index (χ0v) is 17.2. The summed E-state index contributed by atoms with van der Waals surface area (Å²) in [5.41, 5.74) is 3.24. The Morgan fingerprint density at radius 2 is 2.04 bits per heavy atom. The zero-order valence-electron chi connectivity index (χ0n) is 15.6. The molecule has 1 aromatic carbocycles. The highest BCUT2D eigenvalue weighted by Gasteiger charge is 2.16. The van der Waals surface area contributed by atoms with Crippen LogP contribution in [0.5, 0.6) is 0 Å². The Bertz CT molecular complexity index is 781. The molecule has 0 spiro atoms. The summed E-state index contributed by atoms with van der Waals surface area (Å²) < 4.78 is 8.59. The molecule has 5 heteroatoms. The third kappa shape index (κ3) is 5.92. The minimum absolute atomic E-state index is 0.372. The number of hydrogen-bond acceptors (Lipinski definition) is 2. The van der Waals surface area contributed by atoms with Crippen molar-refractivity contribution in [1.82, 2.24) is 9.88 Å². The van der Waals surface area contributed by atoms with E-state index < -0.39 is 5.60 Å². The van der Waals surface area contributed by atoms with Crippen LogP contribution >= 0.6 is 15.9 Å². The maximum atomic E-state index is 11.8. The lowest BCUT2D eigenvalue weighted by Crippen LogP contribution is -2.33. The van der Waals surface area contributed by atoms with Gasteiger partial charge in [0.15, 0.2) is 0 Å². The second kappa shape index (κ2) is 8.09. The second-order valence-corrected chi connectivity index (χ2v) is 8.34. The number of carbonyl (C=O) groups is 1. The number of allylic oxidation sites excluding steroid dienone is 2. The third-order valence-corrected chi connectivity index (χ3v) is 4.18. The highest BCUT2D eigenvalue weighted by atomic mass is 79.9. The summed E-state index contributed by atoms with van der Waals surface area (Å²) in [6.45, 7) is 11.2. The number of fused-ring (bicyclic) bond motifs is 1. The van der Waals surface area contributed by atoms with E-state index in [1.54, 1.807) is 0 Å². The van der Waals surface area contributed by atoms with Gasteiger partial charge in [0.2, 0.25) is 0 Å². The first-order chi connectivity index (χ1) is 11.7. The number of alkyl carbamates (subject to hydrolysis) is 1. The lowest BCUT2D eigenvalue weighted by molar-refractivity contribution is 0.0528. The van der Waals surface area contributed by atoms with Crippen LogP contribution < -0.4 is 5.32 Å². The van der Waals surface area contributed by atoms with E-state index in [9.17, 15) is 4.79 Å². The number of nitrogens with zero attached hydrogens (tertiary/aromatic N) is 1. The maximum absolute atomic E-state index is 11.8. The third-order valence-electron chi connectivity index (χ3n) is 3.69. The Hall–Kier alpha value is -1.75. The Morgan fingerprint density at radius 3 is 2.68 bits per heavy atom. The molecular weight excluding hydrogens is 380 g/mol. The number of carbonyl (C=O) groups excluding carboxylic acids is 1. The van der Waals surface area contributed by atoms with Crippen LogP contribution in [-0.4, -0.2) is 22.8 Å². The van der Waals surface area contributed by atoms with Crippen LogP contribution in [0.2, 0.25) is 0 Å². The molecule has 1 aromatic heterocycles. The highest BCUT2D eigenvalue weighted by molar-refractivity contribution is 9.10. The van der Waals surface area contributed by atoms with E-state index in [-0.39, 0.29) is 6.09 Å². The first kappa shape index (κ1) is 19.6. The number of ether oxygens (including phenoxy) is 1. The van der Waals surface area contributed by atoms with E-state index in [0.717, 1.165) is 17.4 Å². The molecule has 2 rings (SSSR count). The molecule has 25 heavy (non-hydrogen) atoms. The van der Waals surface area contributed by atoms with Crippen LogP contribution in [0.3, 0.4) is 0 Å². The van der Waals surface area contributed by atoms with E-state index in [1.165, 1.54) is 22.0 Å². The molecule has 1 amide bonds. The molecule has 0 bridgehead atoms. The van der Waals surface area contributed by atoms with Gasteiger partial charge in [0.05, 0.1) is 0 Å². The molecule has 0 saturated carbocycles. The number of nitrogens with one attached hydrogen (secondary N) is 1. The number of aromatic nitrogens is 1. The van der Waals surface area contributed by atoms with Crippen molar-refractivity contribution in [2.75, 3.05) is 6.54 Å². The molecule has 1 N–H and O–H groups in total. The Labute approximate surface area is 158 Å². The number of rotatable bonds is 5. The highest BCUT2D eigenvalue weighted by Crippen LogP contribution is 2.25. The van der Waals surface area contributed by atoms with Crippen molar-refractivity contribution in [2.24, 2.45) is 0 Å². The minimum Gasteiger partial charge on any atom is -0.444 e. The van der Waals surface area contributed by atoms with E-state index in [4.69, 9.17) is 4.74 Å². The smallest absolute Gasteiger partial charge is 0.407 e. The van der Waals surface area contributed by atoms with Crippen LogP contribution in [0.15, 0.2) is 40.5 Å². The van der Waals surface area contributed by atoms with E-state index in [2.05, 4.69) is 70.1 Å². The van der Waals surface area contributed by atoms with Crippen molar-refractivity contribution in [3.63, 3.8) is 0 Å². The van der Waals surface area contributed by atoms with Gasteiger partial charge in [-0.25, -0.2) is 4.79 Å². The van der Waals surface area contributed by atoms with Gasteiger partial charge in [-0.15, -0.1) is 0 Å². The molecule has 2 aromatic rings. The van der Waals surface area contributed by atoms with E-state index >= 15 is 0 Å². The standard InChI is InChI=1S/C20H27BrN2O2/c1-14(2)9-11-23-13-15(17-7-6-16(21)12-18(17)23)8-10-22-19(24)25-20(3,4)5/h6-7,9,12-13H,8,10-11H2,1-5H3,(H,22,24). The van der Waals surface area contributed by atoms with Crippen LogP contribution in [0, 0.1) is 0 Å². The normalized spacial score (nSPS) is 11.4. The Kier molecular flexibility index (Phi) is 6.33. The van der Waals surface area contributed by atoms with Gasteiger partial charge in [-0.1, -0.05) is 33.6 Å². The SMILES string of the molecule is CC(C)=CCn1cc(CCNC(=O)OC(C)(C)C)c2ccc(Br)cc21. The van der Waals surface area contributed by atoms with Gasteiger partial charge in [0.1, 0.15) is 5.60 Å². The second-order valence-electron chi connectivity index (χ2n) is 7.43. The summed E-state index contributed by atoms with van der Waals surface area (Å²) in [4.78, 5) is 11.8. The lowest BCUT2D eigenvalue weighted by atomic mass is 10.1. The van der Waals surface area contributed by atoms with E-state index in [1.807, 2.05) is 20.8 Å². The summed E-state index contributed by atoms with van der Waals surface area (Å²) >= 11 is 3.55. The minimum atomic E-state index is -0.475. The molecule has 0 aliphatic heterocycles. The number of benzene rings is 1. The predicted molar refractivity (Wildman–Crippen MR) is 107 cm³/mol. The molecule has 0 aliphatic carbocycles. The largest absolute Gasteiger partial charge is 0.444 e. The number of amides is 1. The summed E-state index contributed by atoms with van der Waals surface area (Å²) in [5, 5.41) is 4.05. The Morgan fingerprint density at radius 1 is 1.32 bits per heavy atom. The zero-order chi connectivity index (χ0) is 18.6. The molecule has 4 nitrogen and oxygen atoms in total. The fourth-order valence-electron chi connectivity index (χ4n) is 2.59. The fraction of sp³-hybridized carbons (Fsp3) is 0.450. The monoisotopic (exact) mass is 406 g/mol. The van der Waals surface area contributed by atoms with Crippen molar-refractivity contribution in [3.05, 3.63) is 46.1 Å². The fourth-order valence-corrected chi connectivity index (χ4v) is 2.93. The van der Waals surface area contributed by atoms with Gasteiger partial charge >= 0.3 is 6.09 Å². The first-order valence-electron chi connectivity index (χ1n) is 8.53. The molecule has 136 valence electrons. The molecule has 0 radical (unpaired) electrons. The summed E-state index contributed by atoms with van der Waals surface area (Å²) in [6, 6.07) is 6.32. The van der Waals surface area contributed by atoms with Crippen molar-refractivity contribution < 1.29 is 9.53 Å². The molecule has 0 fully saturated rings. The lowest BCUT2D eigenvalue weighted by Gasteiger charge is -2.19. The molecule has 0 unspecified atom stereocenters. The van der Waals surface area contributed by atoms with E-state index in [0.29, 0.717) is 6.54 Å². The summed E-state index contributed by atoms with van der Waals surface area (Å²) in [6.07, 6.45) is 4.78. The van der Waals surface area contributed by atoms with Crippen LogP contribution in [0.1, 0.15) is 40.2 Å². The molecule has 0 atom stereocenters. The molecule has 0 saturated heterocycles. The molecule has 1 heterocycles. The van der Waals surface area contributed by atoms with Crippen molar-refractivity contribution in [3.8, 4) is 0 Å². The average molecular weight is 407 g/mol. The Balaban J connectivity index is 2.13. The van der Waals surface area contributed by atoms with Crippen LogP contribution in [0.25, 0.3) is 10.9 Å². The molecular formula is C20H27BrN2O2. The van der Waals surface area contributed by atoms with Gasteiger partial charge < -0.3 is 14.6 Å². The summed E-state index contributed by atoms with van der Waals surface area (Å²) in [5.74, 6) is 0. The van der Waals surface area contributed by atoms with Gasteiger partial charge in [-0.3, -0.25) is 0 Å². The van der Waals surface area contributed by atoms with Gasteiger partial charge in [-0.2, -0.15) is 0 Å². The summed E-state index contributed by atoms with van der Waals surface area (Å²) in [7, 11) is 0. The quantitative estimate of drug-likeness (QED) is 0.671. The number of halogens is 1. The van der Waals surface area contributed by atoms with Crippen molar-refractivity contribution in [2.45, 2.75) is 53.2 Å². The average Bonchev–Trinajstić information content (AvgIpc) is 2.80. The van der Waals surface area contributed by atoms with Crippen LogP contribution in [0.4, 0.5) is 4.79 Å². The van der Waals surface area contributed by atoms with Gasteiger partial charge in [0.25, 0.3) is 0 Å². The van der Waals surface area contributed by atoms with Crippen LogP contribution in [-0.2, 0) is 17.7 Å². The van der Waals surface area contributed by atoms with Gasteiger partial charge in [0, 0.05) is 34.7 Å². The van der Waals surface area contributed by atoms with Crippen molar-refractivity contribution >= 4 is 32.9 Å². The van der Waals surface area contributed by atoms with Crippen molar-refractivity contribution in [1.29, 1.82) is 0 Å². The maximum Gasteiger partial charge on any atom is 0.407 e. The predicted octanol–water partition coefficient (Wildman–Crippen LogP) is 5.44. The first-order valence-corrected chi connectivity index (χ1v) is 9.32. The number of hydrogen-bond donors (Lipinski definition) is 1.